The molecule has 0 fully saturated rings. The number of Topliss-reactive ketones (excluding diaryl/α,β-unsaturated/α-hetero) is 1. The fourth-order valence-electron chi connectivity index (χ4n) is 4.88. The Morgan fingerprint density at radius 1 is 0.978 bits per heavy atom. The average molecular weight is 633 g/mol. The number of carbonyl (C=O) groups excluding carboxylic acids is 3. The zero-order valence-corrected chi connectivity index (χ0v) is 25.4. The van der Waals surface area contributed by atoms with E-state index in [4.69, 9.17) is 30.5 Å². The summed E-state index contributed by atoms with van der Waals surface area (Å²) >= 11 is 5.96. The summed E-state index contributed by atoms with van der Waals surface area (Å²) in [5, 5.41) is 19.2. The number of anilines is 1. The summed E-state index contributed by atoms with van der Waals surface area (Å²) in [7, 11) is 4.41. The molecule has 0 radical (unpaired) electrons. The van der Waals surface area contributed by atoms with Crippen molar-refractivity contribution in [2.75, 3.05) is 32.8 Å². The molecule has 0 saturated heterocycles. The summed E-state index contributed by atoms with van der Waals surface area (Å²) in [5.74, 6) is -0.174. The van der Waals surface area contributed by atoms with E-state index >= 15 is 0 Å². The van der Waals surface area contributed by atoms with Gasteiger partial charge >= 0.3 is 0 Å². The van der Waals surface area contributed by atoms with Gasteiger partial charge in [0.25, 0.3) is 11.7 Å². The number of benzene rings is 3. The van der Waals surface area contributed by atoms with Crippen LogP contribution in [0.15, 0.2) is 66.9 Å². The molecule has 4 aromatic rings. The highest BCUT2D eigenvalue weighted by Crippen LogP contribution is 2.40. The Morgan fingerprint density at radius 3 is 2.51 bits per heavy atom. The number of ketones is 2. The lowest BCUT2D eigenvalue weighted by atomic mass is 10.1. The van der Waals surface area contributed by atoms with Crippen molar-refractivity contribution in [1.82, 2.24) is 15.0 Å². The summed E-state index contributed by atoms with van der Waals surface area (Å²) in [4.78, 5) is 39.1. The van der Waals surface area contributed by atoms with E-state index in [1.807, 2.05) is 6.07 Å². The van der Waals surface area contributed by atoms with Crippen molar-refractivity contribution in [3.63, 3.8) is 0 Å². The number of ether oxygens (including phenoxy) is 4. The number of hydrogen-bond donors (Lipinski definition) is 1. The van der Waals surface area contributed by atoms with E-state index in [1.54, 1.807) is 54.7 Å². The molecule has 0 bridgehead atoms. The van der Waals surface area contributed by atoms with Crippen LogP contribution in [0.2, 0.25) is 5.02 Å². The molecule has 2 heterocycles. The van der Waals surface area contributed by atoms with Crippen LogP contribution in [0.3, 0.4) is 0 Å². The zero-order chi connectivity index (χ0) is 32.1. The minimum Gasteiger partial charge on any atom is -0.493 e. The van der Waals surface area contributed by atoms with Crippen molar-refractivity contribution in [2.24, 2.45) is 0 Å². The Bertz CT molecular complexity index is 1790. The van der Waals surface area contributed by atoms with Crippen LogP contribution in [0.25, 0.3) is 6.08 Å². The first-order valence-electron chi connectivity index (χ1n) is 13.7. The number of hydrogen-bond acceptors (Lipinski definition) is 10. The van der Waals surface area contributed by atoms with E-state index in [9.17, 15) is 19.5 Å². The van der Waals surface area contributed by atoms with Crippen molar-refractivity contribution in [1.29, 1.82) is 0 Å². The van der Waals surface area contributed by atoms with Gasteiger partial charge in [0.1, 0.15) is 18.1 Å². The number of aliphatic hydroxyl groups is 1. The highest BCUT2D eigenvalue weighted by Gasteiger charge is 2.36. The first-order chi connectivity index (χ1) is 21.7. The van der Waals surface area contributed by atoms with Crippen LogP contribution in [0.1, 0.15) is 32.0 Å². The number of fused-ring (bicyclic) bond motifs is 1. The molecule has 45 heavy (non-hydrogen) atoms. The SMILES string of the molecule is COc1ccc(C(=O)/C=C/c2ccccc2OCc2cn(CC(O)CN3C(=O)C(=O)c4cc(Cl)ccc43)nn2)c(OC)c1OC. The van der Waals surface area contributed by atoms with E-state index in [2.05, 4.69) is 10.3 Å². The standard InChI is InChI=1S/C32H29ClN4O8/c1-42-28-13-10-23(30(43-2)31(28)44-3)26(39)12-8-19-6-4-5-7-27(19)45-18-21-15-36(35-34-21)16-22(38)17-37-25-11-9-20(33)14-24(25)29(40)32(37)41/h4-15,22,38H,16-18H2,1-3H3/b12-8+. The number of carbonyl (C=O) groups is 3. The summed E-state index contributed by atoms with van der Waals surface area (Å²) in [6, 6.07) is 15.0. The number of methoxy groups -OCH3 is 3. The Kier molecular flexibility index (Phi) is 9.45. The number of rotatable bonds is 13. The average Bonchev–Trinajstić information content (AvgIpc) is 3.59. The maximum absolute atomic E-state index is 13.1. The molecule has 1 aromatic heterocycles. The normalized spacial score (nSPS) is 13.2. The Morgan fingerprint density at radius 2 is 1.76 bits per heavy atom. The number of aromatic nitrogens is 3. The monoisotopic (exact) mass is 632 g/mol. The molecule has 232 valence electrons. The van der Waals surface area contributed by atoms with Gasteiger partial charge in [-0.05, 0) is 48.6 Å². The topological polar surface area (TPSA) is 142 Å². The van der Waals surface area contributed by atoms with Gasteiger partial charge in [-0.1, -0.05) is 35.0 Å². The molecule has 1 atom stereocenters. The second-order valence-corrected chi connectivity index (χ2v) is 10.3. The third-order valence-corrected chi connectivity index (χ3v) is 7.22. The Hall–Kier alpha value is -5.20. The summed E-state index contributed by atoms with van der Waals surface area (Å²) in [6.07, 6.45) is 3.62. The number of halogens is 1. The smallest absolute Gasteiger partial charge is 0.299 e. The third kappa shape index (κ3) is 6.66. The van der Waals surface area contributed by atoms with Crippen LogP contribution in [-0.2, 0) is 17.9 Å². The molecular weight excluding hydrogens is 604 g/mol. The molecular formula is C32H29ClN4O8. The fraction of sp³-hybridized carbons (Fsp3) is 0.219. The maximum atomic E-state index is 13.1. The largest absolute Gasteiger partial charge is 0.493 e. The fourth-order valence-corrected chi connectivity index (χ4v) is 5.06. The van der Waals surface area contributed by atoms with Crippen molar-refractivity contribution in [2.45, 2.75) is 19.3 Å². The minimum absolute atomic E-state index is 0.0228. The summed E-state index contributed by atoms with van der Waals surface area (Å²) < 4.78 is 23.5. The predicted octanol–water partition coefficient (Wildman–Crippen LogP) is 4.02. The quantitative estimate of drug-likeness (QED) is 0.130. The molecule has 0 aliphatic carbocycles. The maximum Gasteiger partial charge on any atom is 0.299 e. The molecule has 0 spiro atoms. The number of nitrogens with zero attached hydrogens (tertiary/aromatic N) is 4. The molecule has 0 saturated carbocycles. The molecule has 1 N–H and O–H groups in total. The second kappa shape index (κ2) is 13.6. The molecule has 1 amide bonds. The first kappa shape index (κ1) is 31.2. The highest BCUT2D eigenvalue weighted by molar-refractivity contribution is 6.52. The number of β-amino-alcohol motifs (C(OH)–C–C–N with tert-alkyl or cyclic N) is 1. The van der Waals surface area contributed by atoms with Crippen molar-refractivity contribution in [3.05, 3.63) is 94.3 Å². The van der Waals surface area contributed by atoms with Gasteiger partial charge in [-0.15, -0.1) is 5.10 Å². The van der Waals surface area contributed by atoms with E-state index < -0.39 is 17.8 Å². The first-order valence-corrected chi connectivity index (χ1v) is 14.1. The lowest BCUT2D eigenvalue weighted by molar-refractivity contribution is -0.114. The van der Waals surface area contributed by atoms with Gasteiger partial charge < -0.3 is 29.0 Å². The van der Waals surface area contributed by atoms with E-state index in [-0.39, 0.29) is 36.8 Å². The molecule has 1 aliphatic heterocycles. The molecule has 12 nitrogen and oxygen atoms in total. The van der Waals surface area contributed by atoms with Gasteiger partial charge in [-0.25, -0.2) is 4.68 Å². The number of allylic oxidation sites excluding steroid dienone is 1. The molecule has 1 aliphatic rings. The van der Waals surface area contributed by atoms with Gasteiger partial charge in [0.15, 0.2) is 17.3 Å². The third-order valence-electron chi connectivity index (χ3n) is 6.99. The number of para-hydroxylation sites is 1. The van der Waals surface area contributed by atoms with E-state index in [0.29, 0.717) is 44.8 Å². The van der Waals surface area contributed by atoms with Crippen LogP contribution in [-0.4, -0.2) is 71.6 Å². The van der Waals surface area contributed by atoms with Crippen LogP contribution >= 0.6 is 11.6 Å². The lowest BCUT2D eigenvalue weighted by Crippen LogP contribution is -2.38. The molecule has 1 unspecified atom stereocenters. The Balaban J connectivity index is 1.21. The van der Waals surface area contributed by atoms with Crippen LogP contribution in [0.5, 0.6) is 23.0 Å². The van der Waals surface area contributed by atoms with Gasteiger partial charge in [0.05, 0.1) is 63.5 Å². The highest BCUT2D eigenvalue weighted by atomic mass is 35.5. The molecule has 5 rings (SSSR count). The summed E-state index contributed by atoms with van der Waals surface area (Å²) in [5.41, 5.74) is 2.05. The molecule has 3 aromatic carbocycles. The van der Waals surface area contributed by atoms with E-state index in [0.717, 1.165) is 0 Å². The number of aliphatic hydroxyl groups excluding tert-OH is 1. The van der Waals surface area contributed by atoms with Gasteiger partial charge in [-0.2, -0.15) is 0 Å². The van der Waals surface area contributed by atoms with Gasteiger partial charge in [-0.3, -0.25) is 14.4 Å². The zero-order valence-electron chi connectivity index (χ0n) is 24.6. The predicted molar refractivity (Wildman–Crippen MR) is 164 cm³/mol. The second-order valence-electron chi connectivity index (χ2n) is 9.90. The van der Waals surface area contributed by atoms with Crippen molar-refractivity contribution in [3.8, 4) is 23.0 Å². The van der Waals surface area contributed by atoms with Crippen LogP contribution in [0.4, 0.5) is 5.69 Å². The van der Waals surface area contributed by atoms with Crippen molar-refractivity contribution < 1.29 is 38.4 Å². The van der Waals surface area contributed by atoms with Gasteiger partial charge in [0.2, 0.25) is 5.75 Å². The van der Waals surface area contributed by atoms with Crippen molar-refractivity contribution >= 4 is 40.8 Å². The van der Waals surface area contributed by atoms with Crippen LogP contribution < -0.4 is 23.8 Å². The van der Waals surface area contributed by atoms with Gasteiger partial charge in [0, 0.05) is 10.6 Å². The lowest BCUT2D eigenvalue weighted by Gasteiger charge is -2.20. The summed E-state index contributed by atoms with van der Waals surface area (Å²) in [6.45, 7) is -0.0287. The van der Waals surface area contributed by atoms with Crippen LogP contribution in [0, 0.1) is 0 Å². The Labute approximate surface area is 263 Å². The number of amides is 1. The van der Waals surface area contributed by atoms with E-state index in [1.165, 1.54) is 43.1 Å². The minimum atomic E-state index is -1.04. The molecule has 13 heteroatoms.